The summed E-state index contributed by atoms with van der Waals surface area (Å²) in [5, 5.41) is 9.83. The van der Waals surface area contributed by atoms with Crippen LogP contribution in [0.1, 0.15) is 27.2 Å². The highest BCUT2D eigenvalue weighted by molar-refractivity contribution is 5.32. The first-order valence-electron chi connectivity index (χ1n) is 4.42. The summed E-state index contributed by atoms with van der Waals surface area (Å²) in [6, 6.07) is 0. The maximum absolute atomic E-state index is 9.83. The molecule has 0 radical (unpaired) electrons. The van der Waals surface area contributed by atoms with E-state index in [2.05, 4.69) is 19.9 Å². The second kappa shape index (κ2) is 1.71. The third kappa shape index (κ3) is 0.750. The SMILES string of the molecule is CC(C)C12C=CC(C)(O)C1C2. The van der Waals surface area contributed by atoms with Gasteiger partial charge in [0.15, 0.2) is 0 Å². The van der Waals surface area contributed by atoms with Crippen molar-refractivity contribution in [2.75, 3.05) is 0 Å². The Kier molecular flexibility index (Phi) is 1.15. The van der Waals surface area contributed by atoms with E-state index in [1.165, 1.54) is 6.42 Å². The van der Waals surface area contributed by atoms with Crippen LogP contribution in [-0.4, -0.2) is 10.7 Å². The first kappa shape index (κ1) is 7.35. The van der Waals surface area contributed by atoms with Crippen LogP contribution < -0.4 is 0 Å². The van der Waals surface area contributed by atoms with Crippen molar-refractivity contribution >= 4 is 0 Å². The molecular weight excluding hydrogens is 136 g/mol. The molecule has 0 heterocycles. The molecule has 2 rings (SSSR count). The topological polar surface area (TPSA) is 20.2 Å². The van der Waals surface area contributed by atoms with Crippen LogP contribution in [0, 0.1) is 17.3 Å². The van der Waals surface area contributed by atoms with Gasteiger partial charge in [0.2, 0.25) is 0 Å². The Labute approximate surface area is 68.1 Å². The fourth-order valence-electron chi connectivity index (χ4n) is 2.50. The highest BCUT2D eigenvalue weighted by Gasteiger charge is 2.64. The number of fused-ring (bicyclic) bond motifs is 1. The van der Waals surface area contributed by atoms with E-state index in [1.807, 2.05) is 13.0 Å². The molecular formula is C10H16O. The molecule has 0 aromatic carbocycles. The van der Waals surface area contributed by atoms with Crippen LogP contribution in [0.15, 0.2) is 12.2 Å². The molecule has 1 N–H and O–H groups in total. The van der Waals surface area contributed by atoms with E-state index >= 15 is 0 Å². The van der Waals surface area contributed by atoms with Crippen molar-refractivity contribution < 1.29 is 5.11 Å². The van der Waals surface area contributed by atoms with Gasteiger partial charge in [0.1, 0.15) is 0 Å². The normalized spacial score (nSPS) is 53.4. The summed E-state index contributed by atoms with van der Waals surface area (Å²) < 4.78 is 0. The van der Waals surface area contributed by atoms with Crippen molar-refractivity contribution in [3.63, 3.8) is 0 Å². The van der Waals surface area contributed by atoms with Crippen LogP contribution in [0.2, 0.25) is 0 Å². The average molecular weight is 152 g/mol. The Balaban J connectivity index is 2.25. The van der Waals surface area contributed by atoms with Gasteiger partial charge in [-0.3, -0.25) is 0 Å². The molecule has 3 atom stereocenters. The van der Waals surface area contributed by atoms with Gasteiger partial charge in [0, 0.05) is 5.92 Å². The lowest BCUT2D eigenvalue weighted by Crippen LogP contribution is -2.23. The smallest absolute Gasteiger partial charge is 0.0836 e. The van der Waals surface area contributed by atoms with Crippen LogP contribution in [0.4, 0.5) is 0 Å². The van der Waals surface area contributed by atoms with Gasteiger partial charge < -0.3 is 5.11 Å². The molecule has 0 amide bonds. The number of hydrogen-bond donors (Lipinski definition) is 1. The lowest BCUT2D eigenvalue weighted by molar-refractivity contribution is 0.0818. The van der Waals surface area contributed by atoms with Crippen molar-refractivity contribution in [2.24, 2.45) is 17.3 Å². The van der Waals surface area contributed by atoms with Crippen LogP contribution >= 0.6 is 0 Å². The van der Waals surface area contributed by atoms with Gasteiger partial charge in [-0.1, -0.05) is 26.0 Å². The minimum Gasteiger partial charge on any atom is -0.386 e. The number of hydrogen-bond acceptors (Lipinski definition) is 1. The predicted molar refractivity (Wildman–Crippen MR) is 45.1 cm³/mol. The lowest BCUT2D eigenvalue weighted by Gasteiger charge is -2.17. The molecule has 0 aromatic heterocycles. The molecule has 1 nitrogen and oxygen atoms in total. The molecule has 0 aromatic rings. The summed E-state index contributed by atoms with van der Waals surface area (Å²) in [6.45, 7) is 6.41. The summed E-state index contributed by atoms with van der Waals surface area (Å²) >= 11 is 0. The van der Waals surface area contributed by atoms with E-state index in [0.717, 1.165) is 0 Å². The molecule has 2 aliphatic rings. The molecule has 3 unspecified atom stereocenters. The Hall–Kier alpha value is -0.300. The van der Waals surface area contributed by atoms with E-state index in [9.17, 15) is 5.11 Å². The molecule has 0 saturated heterocycles. The largest absolute Gasteiger partial charge is 0.386 e. The van der Waals surface area contributed by atoms with Gasteiger partial charge in [-0.2, -0.15) is 0 Å². The summed E-state index contributed by atoms with van der Waals surface area (Å²) in [4.78, 5) is 0. The Morgan fingerprint density at radius 3 is 2.27 bits per heavy atom. The molecule has 1 saturated carbocycles. The van der Waals surface area contributed by atoms with E-state index in [1.54, 1.807) is 0 Å². The molecule has 11 heavy (non-hydrogen) atoms. The van der Waals surface area contributed by atoms with E-state index in [4.69, 9.17) is 0 Å². The first-order chi connectivity index (χ1) is 4.99. The van der Waals surface area contributed by atoms with Gasteiger partial charge in [-0.05, 0) is 24.7 Å². The van der Waals surface area contributed by atoms with Crippen LogP contribution in [0.25, 0.3) is 0 Å². The number of rotatable bonds is 1. The number of aliphatic hydroxyl groups is 1. The summed E-state index contributed by atoms with van der Waals surface area (Å²) in [6.07, 6.45) is 5.39. The minimum atomic E-state index is -0.510. The minimum absolute atomic E-state index is 0.365. The Morgan fingerprint density at radius 1 is 1.45 bits per heavy atom. The second-order valence-corrected chi connectivity index (χ2v) is 4.58. The zero-order valence-corrected chi connectivity index (χ0v) is 7.46. The fourth-order valence-corrected chi connectivity index (χ4v) is 2.50. The standard InChI is InChI=1S/C10H16O/c1-7(2)10-5-4-9(3,11)8(10)6-10/h4-5,7-8,11H,6H2,1-3H3. The van der Waals surface area contributed by atoms with Gasteiger partial charge in [-0.15, -0.1) is 0 Å². The van der Waals surface area contributed by atoms with Crippen molar-refractivity contribution in [3.05, 3.63) is 12.2 Å². The molecule has 0 bridgehead atoms. The van der Waals surface area contributed by atoms with Crippen molar-refractivity contribution in [3.8, 4) is 0 Å². The zero-order valence-electron chi connectivity index (χ0n) is 7.46. The van der Waals surface area contributed by atoms with Gasteiger partial charge in [0.05, 0.1) is 5.60 Å². The summed E-state index contributed by atoms with van der Waals surface area (Å²) in [7, 11) is 0. The number of allylic oxidation sites excluding steroid dienone is 1. The van der Waals surface area contributed by atoms with Crippen LogP contribution in [0.5, 0.6) is 0 Å². The second-order valence-electron chi connectivity index (χ2n) is 4.58. The predicted octanol–water partition coefficient (Wildman–Crippen LogP) is 1.97. The zero-order chi connectivity index (χ0) is 8.28. The third-order valence-corrected chi connectivity index (χ3v) is 3.56. The molecule has 0 aliphatic heterocycles. The highest BCUT2D eigenvalue weighted by Crippen LogP contribution is 2.67. The first-order valence-corrected chi connectivity index (χ1v) is 4.42. The monoisotopic (exact) mass is 152 g/mol. The molecule has 1 heteroatoms. The van der Waals surface area contributed by atoms with Crippen LogP contribution in [0.3, 0.4) is 0 Å². The van der Waals surface area contributed by atoms with Crippen molar-refractivity contribution in [2.45, 2.75) is 32.8 Å². The molecule has 0 spiro atoms. The maximum atomic E-state index is 9.83. The maximum Gasteiger partial charge on any atom is 0.0836 e. The Bertz CT molecular complexity index is 215. The third-order valence-electron chi connectivity index (χ3n) is 3.56. The average Bonchev–Trinajstić information content (AvgIpc) is 2.54. The molecule has 1 fully saturated rings. The molecule has 2 aliphatic carbocycles. The van der Waals surface area contributed by atoms with Crippen LogP contribution in [-0.2, 0) is 0 Å². The van der Waals surface area contributed by atoms with E-state index < -0.39 is 5.60 Å². The van der Waals surface area contributed by atoms with Gasteiger partial charge in [0.25, 0.3) is 0 Å². The lowest BCUT2D eigenvalue weighted by atomic mass is 9.91. The van der Waals surface area contributed by atoms with Gasteiger partial charge >= 0.3 is 0 Å². The summed E-state index contributed by atoms with van der Waals surface area (Å²) in [5.74, 6) is 1.19. The van der Waals surface area contributed by atoms with Gasteiger partial charge in [-0.25, -0.2) is 0 Å². The van der Waals surface area contributed by atoms with E-state index in [0.29, 0.717) is 17.3 Å². The summed E-state index contributed by atoms with van der Waals surface area (Å²) in [5.41, 5.74) is -0.145. The fraction of sp³-hybridized carbons (Fsp3) is 0.800. The van der Waals surface area contributed by atoms with Crippen molar-refractivity contribution in [1.82, 2.24) is 0 Å². The quantitative estimate of drug-likeness (QED) is 0.569. The Morgan fingerprint density at radius 2 is 2.09 bits per heavy atom. The molecule has 62 valence electrons. The van der Waals surface area contributed by atoms with E-state index in [-0.39, 0.29) is 0 Å². The van der Waals surface area contributed by atoms with Crippen molar-refractivity contribution in [1.29, 1.82) is 0 Å². The highest BCUT2D eigenvalue weighted by atomic mass is 16.3.